The van der Waals surface area contributed by atoms with Crippen LogP contribution in [0.3, 0.4) is 0 Å². The summed E-state index contributed by atoms with van der Waals surface area (Å²) in [5.41, 5.74) is 6.99. The predicted molar refractivity (Wildman–Crippen MR) is 83.9 cm³/mol. The molecule has 2 aromatic rings. The molecule has 0 amide bonds. The Balaban J connectivity index is 1.96. The molecule has 0 aliphatic rings. The van der Waals surface area contributed by atoms with Crippen molar-refractivity contribution in [2.45, 2.75) is 25.8 Å². The van der Waals surface area contributed by atoms with Crippen molar-refractivity contribution in [3.05, 3.63) is 46.2 Å². The van der Waals surface area contributed by atoms with Crippen LogP contribution in [0.25, 0.3) is 0 Å². The molecule has 108 valence electrons. The number of rotatable bonds is 7. The highest BCUT2D eigenvalue weighted by atomic mass is 32.1. The lowest BCUT2D eigenvalue weighted by atomic mass is 10.1. The molecule has 0 aliphatic carbocycles. The maximum atomic E-state index is 5.82. The van der Waals surface area contributed by atoms with Gasteiger partial charge in [-0.05, 0) is 42.5 Å². The molecule has 0 saturated heterocycles. The predicted octanol–water partition coefficient (Wildman–Crippen LogP) is 3.27. The van der Waals surface area contributed by atoms with E-state index in [0.717, 1.165) is 24.3 Å². The summed E-state index contributed by atoms with van der Waals surface area (Å²) in [5, 5.41) is 2.08. The number of hydrogen-bond donors (Lipinski definition) is 1. The molecule has 2 rings (SSSR count). The summed E-state index contributed by atoms with van der Waals surface area (Å²) in [5.74, 6) is 1.56. The molecule has 20 heavy (non-hydrogen) atoms. The summed E-state index contributed by atoms with van der Waals surface area (Å²) in [6, 6.07) is 10.3. The second kappa shape index (κ2) is 7.31. The number of methoxy groups -OCH3 is 1. The van der Waals surface area contributed by atoms with Crippen LogP contribution < -0.4 is 15.2 Å². The van der Waals surface area contributed by atoms with Gasteiger partial charge in [0.1, 0.15) is 0 Å². The van der Waals surface area contributed by atoms with Gasteiger partial charge in [0, 0.05) is 17.3 Å². The van der Waals surface area contributed by atoms with Crippen LogP contribution in [-0.2, 0) is 12.8 Å². The third-order valence-electron chi connectivity index (χ3n) is 2.97. The lowest BCUT2D eigenvalue weighted by Crippen LogP contribution is -2.17. The third-order valence-corrected chi connectivity index (χ3v) is 3.91. The summed E-state index contributed by atoms with van der Waals surface area (Å²) >= 11 is 1.75. The van der Waals surface area contributed by atoms with Crippen LogP contribution in [0.2, 0.25) is 0 Å². The average molecular weight is 291 g/mol. The van der Waals surface area contributed by atoms with Crippen molar-refractivity contribution in [1.29, 1.82) is 0 Å². The number of ether oxygens (including phenoxy) is 2. The first-order chi connectivity index (χ1) is 9.69. The molecule has 2 N–H and O–H groups in total. The van der Waals surface area contributed by atoms with Gasteiger partial charge in [-0.15, -0.1) is 11.3 Å². The van der Waals surface area contributed by atoms with Gasteiger partial charge in [-0.2, -0.15) is 0 Å². The summed E-state index contributed by atoms with van der Waals surface area (Å²) < 4.78 is 11.2. The van der Waals surface area contributed by atoms with Gasteiger partial charge < -0.3 is 15.2 Å². The molecule has 4 heteroatoms. The van der Waals surface area contributed by atoms with Crippen LogP contribution in [0.5, 0.6) is 11.5 Å². The standard InChI is InChI=1S/C16H21NO2S/c1-12(17)10-13-5-6-15(16(11-13)18-2)19-8-7-14-4-3-9-20-14/h3-6,9,11-12H,7-8,10,17H2,1-2H3. The van der Waals surface area contributed by atoms with Gasteiger partial charge >= 0.3 is 0 Å². The molecule has 0 bridgehead atoms. The van der Waals surface area contributed by atoms with Crippen molar-refractivity contribution in [3.63, 3.8) is 0 Å². The fraction of sp³-hybridized carbons (Fsp3) is 0.375. The minimum absolute atomic E-state index is 0.144. The molecule has 1 atom stereocenters. The Labute approximate surface area is 124 Å². The number of nitrogens with two attached hydrogens (primary N) is 1. The highest BCUT2D eigenvalue weighted by molar-refractivity contribution is 7.09. The maximum Gasteiger partial charge on any atom is 0.161 e. The normalized spacial score (nSPS) is 12.2. The van der Waals surface area contributed by atoms with Crippen LogP contribution >= 0.6 is 11.3 Å². The second-order valence-electron chi connectivity index (χ2n) is 4.84. The van der Waals surface area contributed by atoms with Crippen LogP contribution in [0.15, 0.2) is 35.7 Å². The Kier molecular flexibility index (Phi) is 5.44. The first-order valence-corrected chi connectivity index (χ1v) is 7.64. The molecule has 3 nitrogen and oxygen atoms in total. The molecular weight excluding hydrogens is 270 g/mol. The zero-order valence-electron chi connectivity index (χ0n) is 12.0. The molecule has 0 aliphatic heterocycles. The highest BCUT2D eigenvalue weighted by Gasteiger charge is 2.07. The molecule has 1 aromatic heterocycles. The molecule has 0 spiro atoms. The second-order valence-corrected chi connectivity index (χ2v) is 5.88. The van der Waals surface area contributed by atoms with E-state index in [1.165, 1.54) is 10.4 Å². The lowest BCUT2D eigenvalue weighted by molar-refractivity contribution is 0.298. The average Bonchev–Trinajstić information content (AvgIpc) is 2.92. The fourth-order valence-corrected chi connectivity index (χ4v) is 2.74. The Morgan fingerprint density at radius 1 is 1.25 bits per heavy atom. The van der Waals surface area contributed by atoms with Gasteiger partial charge in [-0.25, -0.2) is 0 Å². The molecule has 1 aromatic carbocycles. The molecule has 1 heterocycles. The van der Waals surface area contributed by atoms with Crippen molar-refractivity contribution in [2.24, 2.45) is 5.73 Å². The van der Waals surface area contributed by atoms with Gasteiger partial charge in [-0.3, -0.25) is 0 Å². The molecule has 1 unspecified atom stereocenters. The zero-order valence-corrected chi connectivity index (χ0v) is 12.8. The van der Waals surface area contributed by atoms with Crippen molar-refractivity contribution in [2.75, 3.05) is 13.7 Å². The van der Waals surface area contributed by atoms with E-state index in [9.17, 15) is 0 Å². The zero-order chi connectivity index (χ0) is 14.4. The Hall–Kier alpha value is -1.52. The van der Waals surface area contributed by atoms with E-state index in [4.69, 9.17) is 15.2 Å². The molecule has 0 saturated carbocycles. The van der Waals surface area contributed by atoms with E-state index in [0.29, 0.717) is 6.61 Å². The topological polar surface area (TPSA) is 44.5 Å². The first-order valence-electron chi connectivity index (χ1n) is 6.76. The van der Waals surface area contributed by atoms with Gasteiger partial charge in [0.2, 0.25) is 0 Å². The molecule has 0 fully saturated rings. The number of benzene rings is 1. The monoisotopic (exact) mass is 291 g/mol. The van der Waals surface area contributed by atoms with E-state index < -0.39 is 0 Å². The quantitative estimate of drug-likeness (QED) is 0.851. The van der Waals surface area contributed by atoms with Gasteiger partial charge in [0.05, 0.1) is 13.7 Å². The van der Waals surface area contributed by atoms with Crippen molar-refractivity contribution < 1.29 is 9.47 Å². The van der Waals surface area contributed by atoms with E-state index >= 15 is 0 Å². The minimum atomic E-state index is 0.144. The number of hydrogen-bond acceptors (Lipinski definition) is 4. The molecular formula is C16H21NO2S. The minimum Gasteiger partial charge on any atom is -0.493 e. The van der Waals surface area contributed by atoms with Crippen LogP contribution in [0, 0.1) is 0 Å². The third kappa shape index (κ3) is 4.25. The largest absolute Gasteiger partial charge is 0.493 e. The van der Waals surface area contributed by atoms with E-state index in [1.807, 2.05) is 25.1 Å². The fourth-order valence-electron chi connectivity index (χ4n) is 2.05. The Bertz CT molecular complexity index is 523. The Morgan fingerprint density at radius 3 is 2.75 bits per heavy atom. The van der Waals surface area contributed by atoms with Crippen molar-refractivity contribution in [1.82, 2.24) is 0 Å². The maximum absolute atomic E-state index is 5.82. The summed E-state index contributed by atoms with van der Waals surface area (Å²) in [6.07, 6.45) is 1.76. The smallest absolute Gasteiger partial charge is 0.161 e. The van der Waals surface area contributed by atoms with Gasteiger partial charge in [-0.1, -0.05) is 12.1 Å². The van der Waals surface area contributed by atoms with Gasteiger partial charge in [0.25, 0.3) is 0 Å². The summed E-state index contributed by atoms with van der Waals surface area (Å²) in [6.45, 7) is 2.65. The van der Waals surface area contributed by atoms with Crippen LogP contribution in [0.1, 0.15) is 17.4 Å². The van der Waals surface area contributed by atoms with Crippen molar-refractivity contribution in [3.8, 4) is 11.5 Å². The summed E-state index contributed by atoms with van der Waals surface area (Å²) in [4.78, 5) is 1.33. The van der Waals surface area contributed by atoms with Crippen molar-refractivity contribution >= 4 is 11.3 Å². The molecule has 0 radical (unpaired) electrons. The van der Waals surface area contributed by atoms with E-state index in [1.54, 1.807) is 18.4 Å². The van der Waals surface area contributed by atoms with E-state index in [-0.39, 0.29) is 6.04 Å². The first kappa shape index (κ1) is 14.9. The number of thiophene rings is 1. The lowest BCUT2D eigenvalue weighted by Gasteiger charge is -2.13. The van der Waals surface area contributed by atoms with E-state index in [2.05, 4.69) is 17.5 Å². The Morgan fingerprint density at radius 2 is 2.10 bits per heavy atom. The summed E-state index contributed by atoms with van der Waals surface area (Å²) in [7, 11) is 1.66. The van der Waals surface area contributed by atoms with Crippen LogP contribution in [-0.4, -0.2) is 19.8 Å². The highest BCUT2D eigenvalue weighted by Crippen LogP contribution is 2.28. The SMILES string of the molecule is COc1cc(CC(C)N)ccc1OCCc1cccs1. The van der Waals surface area contributed by atoms with Crippen LogP contribution in [0.4, 0.5) is 0 Å². The van der Waals surface area contributed by atoms with Gasteiger partial charge in [0.15, 0.2) is 11.5 Å².